The highest BCUT2D eigenvalue weighted by Crippen LogP contribution is 2.43. The van der Waals surface area contributed by atoms with E-state index in [2.05, 4.69) is 62.2 Å². The molecular weight excluding hydrogens is 398 g/mol. The summed E-state index contributed by atoms with van der Waals surface area (Å²) in [6.07, 6.45) is 2.81. The Bertz CT molecular complexity index is 938. The third-order valence-electron chi connectivity index (χ3n) is 5.67. The number of benzene rings is 2. The predicted molar refractivity (Wildman–Crippen MR) is 124 cm³/mol. The number of fused-ring (bicyclic) bond motifs is 1. The number of hydrogen-bond donors (Lipinski definition) is 1. The van der Waals surface area contributed by atoms with Crippen LogP contribution in [0.15, 0.2) is 41.5 Å². The summed E-state index contributed by atoms with van der Waals surface area (Å²) in [6, 6.07) is 11.3. The van der Waals surface area contributed by atoms with Crippen molar-refractivity contribution in [1.82, 2.24) is 5.43 Å². The van der Waals surface area contributed by atoms with Crippen LogP contribution in [0.4, 0.5) is 5.69 Å². The lowest BCUT2D eigenvalue weighted by Gasteiger charge is -2.47. The Morgan fingerprint density at radius 2 is 2.03 bits per heavy atom. The Morgan fingerprint density at radius 3 is 2.70 bits per heavy atom. The van der Waals surface area contributed by atoms with Gasteiger partial charge in [0.2, 0.25) is 0 Å². The molecule has 3 rings (SSSR count). The van der Waals surface area contributed by atoms with E-state index >= 15 is 0 Å². The predicted octanol–water partition coefficient (Wildman–Crippen LogP) is 5.29. The molecule has 0 radical (unpaired) electrons. The van der Waals surface area contributed by atoms with Gasteiger partial charge in [0.15, 0.2) is 6.61 Å². The molecule has 0 aliphatic carbocycles. The van der Waals surface area contributed by atoms with Gasteiger partial charge in [-0.1, -0.05) is 18.5 Å². The van der Waals surface area contributed by atoms with Gasteiger partial charge in [-0.05, 0) is 93.1 Å². The second kappa shape index (κ2) is 9.09. The second-order valence-corrected chi connectivity index (χ2v) is 8.90. The minimum Gasteiger partial charge on any atom is -0.484 e. The van der Waals surface area contributed by atoms with Crippen molar-refractivity contribution < 1.29 is 9.53 Å². The third kappa shape index (κ3) is 4.96. The zero-order valence-electron chi connectivity index (χ0n) is 18.3. The van der Waals surface area contributed by atoms with E-state index in [9.17, 15) is 4.79 Å². The van der Waals surface area contributed by atoms with Crippen LogP contribution in [0.2, 0.25) is 5.02 Å². The number of halogens is 1. The maximum Gasteiger partial charge on any atom is 0.277 e. The molecule has 5 nitrogen and oxygen atoms in total. The van der Waals surface area contributed by atoms with Crippen molar-refractivity contribution in [3.63, 3.8) is 0 Å². The van der Waals surface area contributed by atoms with Crippen molar-refractivity contribution in [1.29, 1.82) is 0 Å². The third-order valence-corrected chi connectivity index (χ3v) is 5.92. The Morgan fingerprint density at radius 1 is 1.33 bits per heavy atom. The fraction of sp³-hybridized carbons (Fsp3) is 0.417. The van der Waals surface area contributed by atoms with Crippen LogP contribution in [0.1, 0.15) is 56.7 Å². The average Bonchev–Trinajstić information content (AvgIpc) is 2.68. The number of anilines is 1. The number of hydrogen-bond acceptors (Lipinski definition) is 4. The minimum atomic E-state index is -0.316. The van der Waals surface area contributed by atoms with E-state index in [0.29, 0.717) is 16.7 Å². The highest BCUT2D eigenvalue weighted by molar-refractivity contribution is 6.30. The molecule has 1 aliphatic rings. The maximum absolute atomic E-state index is 12.0. The fourth-order valence-corrected chi connectivity index (χ4v) is 4.40. The average molecular weight is 428 g/mol. The summed E-state index contributed by atoms with van der Waals surface area (Å²) in [7, 11) is 0. The SMILES string of the molecule is CCN1c2cc(C)c(/C=N/NC(=O)COc3ccc(Cl)cc3)cc2C(C)CC1(C)C. The van der Waals surface area contributed by atoms with Crippen LogP contribution >= 0.6 is 11.6 Å². The van der Waals surface area contributed by atoms with Crippen LogP contribution in [0.3, 0.4) is 0 Å². The van der Waals surface area contributed by atoms with Crippen molar-refractivity contribution in [2.75, 3.05) is 18.1 Å². The van der Waals surface area contributed by atoms with E-state index in [-0.39, 0.29) is 18.1 Å². The molecule has 6 heteroatoms. The fourth-order valence-electron chi connectivity index (χ4n) is 4.27. The molecule has 30 heavy (non-hydrogen) atoms. The lowest BCUT2D eigenvalue weighted by Crippen LogP contribution is -2.48. The standard InChI is InChI=1S/C24H30ClN3O2/c1-6-28-22-11-16(2)18(12-21(22)17(3)13-24(28,4)5)14-26-27-23(29)15-30-20-9-7-19(25)8-10-20/h7-12,14,17H,6,13,15H2,1-5H3,(H,27,29)/b26-14+. The highest BCUT2D eigenvalue weighted by atomic mass is 35.5. The van der Waals surface area contributed by atoms with Gasteiger partial charge in [0.25, 0.3) is 5.91 Å². The number of aryl methyl sites for hydroxylation is 1. The van der Waals surface area contributed by atoms with E-state index in [1.165, 1.54) is 11.3 Å². The topological polar surface area (TPSA) is 53.9 Å². The lowest BCUT2D eigenvalue weighted by atomic mass is 9.79. The van der Waals surface area contributed by atoms with Crippen molar-refractivity contribution >= 4 is 29.4 Å². The number of amides is 1. The summed E-state index contributed by atoms with van der Waals surface area (Å²) in [6.45, 7) is 12.0. The monoisotopic (exact) mass is 427 g/mol. The van der Waals surface area contributed by atoms with Crippen molar-refractivity contribution in [2.45, 2.75) is 52.5 Å². The van der Waals surface area contributed by atoms with Gasteiger partial charge in [-0.3, -0.25) is 4.79 Å². The molecule has 1 N–H and O–H groups in total. The van der Waals surface area contributed by atoms with Crippen LogP contribution in [0.5, 0.6) is 5.75 Å². The molecule has 1 unspecified atom stereocenters. The first kappa shape index (κ1) is 22.2. The molecule has 0 spiro atoms. The van der Waals surface area contributed by atoms with Gasteiger partial charge in [0.05, 0.1) is 6.21 Å². The summed E-state index contributed by atoms with van der Waals surface area (Å²) in [4.78, 5) is 14.5. The zero-order valence-corrected chi connectivity index (χ0v) is 19.1. The van der Waals surface area contributed by atoms with Gasteiger partial charge < -0.3 is 9.64 Å². The zero-order chi connectivity index (χ0) is 21.9. The smallest absolute Gasteiger partial charge is 0.277 e. The number of hydrazone groups is 1. The van der Waals surface area contributed by atoms with E-state index < -0.39 is 0 Å². The van der Waals surface area contributed by atoms with Crippen molar-refractivity contribution in [3.05, 3.63) is 58.1 Å². The van der Waals surface area contributed by atoms with Gasteiger partial charge in [0.1, 0.15) is 5.75 Å². The molecule has 1 amide bonds. The van der Waals surface area contributed by atoms with Crippen LogP contribution in [0.25, 0.3) is 0 Å². The van der Waals surface area contributed by atoms with Gasteiger partial charge in [-0.2, -0.15) is 5.10 Å². The number of ether oxygens (including phenoxy) is 1. The largest absolute Gasteiger partial charge is 0.484 e. The molecule has 160 valence electrons. The Kier molecular flexibility index (Phi) is 6.71. The normalized spacial score (nSPS) is 17.7. The Balaban J connectivity index is 1.66. The van der Waals surface area contributed by atoms with Gasteiger partial charge in [-0.15, -0.1) is 0 Å². The van der Waals surface area contributed by atoms with Gasteiger partial charge in [-0.25, -0.2) is 5.43 Å². The van der Waals surface area contributed by atoms with Crippen LogP contribution in [0, 0.1) is 6.92 Å². The number of nitrogens with zero attached hydrogens (tertiary/aromatic N) is 2. The summed E-state index contributed by atoms with van der Waals surface area (Å²) in [5.74, 6) is 0.735. The quantitative estimate of drug-likeness (QED) is 0.503. The second-order valence-electron chi connectivity index (χ2n) is 8.47. The number of carbonyl (C=O) groups is 1. The van der Waals surface area contributed by atoms with E-state index in [4.69, 9.17) is 16.3 Å². The number of rotatable bonds is 6. The molecule has 1 atom stereocenters. The summed E-state index contributed by atoms with van der Waals surface area (Å²) < 4.78 is 5.43. The number of carbonyl (C=O) groups excluding carboxylic acids is 1. The van der Waals surface area contributed by atoms with Crippen LogP contribution in [-0.4, -0.2) is 30.8 Å². The van der Waals surface area contributed by atoms with E-state index in [1.54, 1.807) is 30.5 Å². The molecule has 1 heterocycles. The molecule has 0 saturated carbocycles. The first-order valence-corrected chi connectivity index (χ1v) is 10.7. The first-order valence-electron chi connectivity index (χ1n) is 10.3. The molecule has 0 fully saturated rings. The first-order chi connectivity index (χ1) is 14.2. The van der Waals surface area contributed by atoms with E-state index in [0.717, 1.165) is 24.1 Å². The Labute approximate surface area is 184 Å². The highest BCUT2D eigenvalue weighted by Gasteiger charge is 2.35. The molecule has 0 aromatic heterocycles. The van der Waals surface area contributed by atoms with Crippen LogP contribution in [-0.2, 0) is 4.79 Å². The molecule has 1 aliphatic heterocycles. The molecule has 0 saturated heterocycles. The minimum absolute atomic E-state index is 0.111. The molecule has 2 aromatic rings. The summed E-state index contributed by atoms with van der Waals surface area (Å²) in [5.41, 5.74) is 7.45. The summed E-state index contributed by atoms with van der Waals surface area (Å²) in [5, 5.41) is 4.75. The Hall–Kier alpha value is -2.53. The number of nitrogens with one attached hydrogen (secondary N) is 1. The van der Waals surface area contributed by atoms with Crippen molar-refractivity contribution in [3.8, 4) is 5.75 Å². The molecule has 2 aromatic carbocycles. The molecule has 0 bridgehead atoms. The molecular formula is C24H30ClN3O2. The summed E-state index contributed by atoms with van der Waals surface area (Å²) >= 11 is 5.84. The lowest BCUT2D eigenvalue weighted by molar-refractivity contribution is -0.123. The van der Waals surface area contributed by atoms with Crippen molar-refractivity contribution in [2.24, 2.45) is 5.10 Å². The van der Waals surface area contributed by atoms with E-state index in [1.807, 2.05) is 0 Å². The van der Waals surface area contributed by atoms with Crippen LogP contribution < -0.4 is 15.1 Å². The maximum atomic E-state index is 12.0. The van der Waals surface area contributed by atoms with Gasteiger partial charge in [0, 0.05) is 22.8 Å². The van der Waals surface area contributed by atoms with Gasteiger partial charge >= 0.3 is 0 Å².